The van der Waals surface area contributed by atoms with Crippen LogP contribution in [0.15, 0.2) is 24.3 Å². The summed E-state index contributed by atoms with van der Waals surface area (Å²) in [4.78, 5) is 6.42. The molecule has 1 saturated heterocycles. The SMILES string of the molecule is CN1NNc2c1cc(-c1ccc(OCCCN3CCC(C)(O)CC3)c(C(F)(F)F)c1)nc2C#N. The predicted octanol–water partition coefficient (Wildman–Crippen LogP) is 3.54. The molecule has 11 heteroatoms. The normalized spacial score (nSPS) is 17.7. The second-order valence-electron chi connectivity index (χ2n) is 8.91. The minimum atomic E-state index is -4.61. The summed E-state index contributed by atoms with van der Waals surface area (Å²) in [6, 6.07) is 7.42. The quantitative estimate of drug-likeness (QED) is 0.545. The molecule has 34 heavy (non-hydrogen) atoms. The molecule has 1 fully saturated rings. The van der Waals surface area contributed by atoms with E-state index in [-0.39, 0.29) is 29.3 Å². The number of nitriles is 1. The third-order valence-electron chi connectivity index (χ3n) is 6.20. The molecular formula is C23H27F3N6O2. The molecule has 3 N–H and O–H groups in total. The van der Waals surface area contributed by atoms with Crippen molar-refractivity contribution in [1.82, 2.24) is 15.4 Å². The Labute approximate surface area is 195 Å². The lowest BCUT2D eigenvalue weighted by molar-refractivity contribution is -0.138. The highest BCUT2D eigenvalue weighted by molar-refractivity contribution is 5.81. The Morgan fingerprint density at radius 1 is 1.26 bits per heavy atom. The first-order valence-corrected chi connectivity index (χ1v) is 11.1. The first-order chi connectivity index (χ1) is 16.1. The Morgan fingerprint density at radius 2 is 2.00 bits per heavy atom. The van der Waals surface area contributed by atoms with E-state index in [0.717, 1.165) is 19.2 Å². The lowest BCUT2D eigenvalue weighted by atomic mass is 9.94. The molecular weight excluding hydrogens is 449 g/mol. The van der Waals surface area contributed by atoms with Gasteiger partial charge in [0, 0.05) is 32.2 Å². The van der Waals surface area contributed by atoms with Crippen molar-refractivity contribution < 1.29 is 23.0 Å². The van der Waals surface area contributed by atoms with Gasteiger partial charge in [0.15, 0.2) is 5.69 Å². The van der Waals surface area contributed by atoms with E-state index in [1.165, 1.54) is 12.1 Å². The van der Waals surface area contributed by atoms with Gasteiger partial charge in [-0.25, -0.2) is 4.98 Å². The largest absolute Gasteiger partial charge is 0.493 e. The van der Waals surface area contributed by atoms with Gasteiger partial charge < -0.3 is 14.7 Å². The number of piperidine rings is 1. The molecule has 0 aliphatic carbocycles. The highest BCUT2D eigenvalue weighted by Crippen LogP contribution is 2.40. The van der Waals surface area contributed by atoms with Crippen LogP contribution in [0.5, 0.6) is 5.75 Å². The zero-order chi connectivity index (χ0) is 24.5. The maximum atomic E-state index is 13.8. The van der Waals surface area contributed by atoms with Gasteiger partial charge in [0.25, 0.3) is 0 Å². The molecule has 3 heterocycles. The molecule has 2 aliphatic heterocycles. The molecule has 0 spiro atoms. The van der Waals surface area contributed by atoms with E-state index < -0.39 is 17.3 Å². The summed E-state index contributed by atoms with van der Waals surface area (Å²) in [6.07, 6.45) is -2.68. The molecule has 0 amide bonds. The highest BCUT2D eigenvalue weighted by Gasteiger charge is 2.35. The van der Waals surface area contributed by atoms with Gasteiger partial charge in [0.1, 0.15) is 17.5 Å². The van der Waals surface area contributed by atoms with E-state index in [9.17, 15) is 23.5 Å². The maximum Gasteiger partial charge on any atom is 0.419 e. The first kappa shape index (κ1) is 24.1. The number of hydrogen-bond donors (Lipinski definition) is 3. The van der Waals surface area contributed by atoms with E-state index >= 15 is 0 Å². The average molecular weight is 477 g/mol. The number of rotatable bonds is 6. The second kappa shape index (κ2) is 9.29. The zero-order valence-corrected chi connectivity index (χ0v) is 19.0. The third kappa shape index (κ3) is 5.19. The van der Waals surface area contributed by atoms with Crippen molar-refractivity contribution in [3.05, 3.63) is 35.5 Å². The van der Waals surface area contributed by atoms with Crippen LogP contribution >= 0.6 is 0 Å². The van der Waals surface area contributed by atoms with Crippen LogP contribution < -0.4 is 20.7 Å². The number of hydrazine groups is 2. The molecule has 4 rings (SSSR count). The molecule has 0 radical (unpaired) electrons. The summed E-state index contributed by atoms with van der Waals surface area (Å²) in [5.74, 6) is -0.236. The molecule has 0 saturated carbocycles. The number of aliphatic hydroxyl groups is 1. The number of alkyl halides is 3. The molecule has 8 nitrogen and oxygen atoms in total. The summed E-state index contributed by atoms with van der Waals surface area (Å²) >= 11 is 0. The number of nitrogens with zero attached hydrogens (tertiary/aromatic N) is 4. The fourth-order valence-electron chi connectivity index (χ4n) is 4.11. The van der Waals surface area contributed by atoms with Crippen LogP contribution in [0, 0.1) is 11.3 Å². The molecule has 1 aromatic carbocycles. The van der Waals surface area contributed by atoms with Crippen molar-refractivity contribution in [2.24, 2.45) is 0 Å². The van der Waals surface area contributed by atoms with E-state index in [1.807, 2.05) is 13.0 Å². The van der Waals surface area contributed by atoms with E-state index in [4.69, 9.17) is 4.74 Å². The van der Waals surface area contributed by atoms with Crippen LogP contribution in [0.3, 0.4) is 0 Å². The van der Waals surface area contributed by atoms with Gasteiger partial charge >= 0.3 is 6.18 Å². The van der Waals surface area contributed by atoms with Crippen molar-refractivity contribution in [3.63, 3.8) is 0 Å². The number of halogens is 3. The van der Waals surface area contributed by atoms with E-state index in [1.54, 1.807) is 18.1 Å². The summed E-state index contributed by atoms with van der Waals surface area (Å²) in [5.41, 5.74) is 5.77. The number of ether oxygens (including phenoxy) is 1. The Morgan fingerprint density at radius 3 is 2.68 bits per heavy atom. The number of aromatic nitrogens is 1. The van der Waals surface area contributed by atoms with Gasteiger partial charge in [-0.1, -0.05) is 0 Å². The minimum Gasteiger partial charge on any atom is -0.493 e. The molecule has 2 aliphatic rings. The molecule has 0 atom stereocenters. The van der Waals surface area contributed by atoms with Crippen molar-refractivity contribution in [2.75, 3.05) is 43.7 Å². The maximum absolute atomic E-state index is 13.8. The lowest BCUT2D eigenvalue weighted by Crippen LogP contribution is -2.42. The van der Waals surface area contributed by atoms with Gasteiger partial charge in [-0.15, -0.1) is 5.53 Å². The molecule has 0 bridgehead atoms. The fraction of sp³-hybridized carbons (Fsp3) is 0.478. The molecule has 1 aromatic heterocycles. The topological polar surface area (TPSA) is 96.7 Å². The first-order valence-electron chi connectivity index (χ1n) is 11.1. The molecule has 0 unspecified atom stereocenters. The number of pyridine rings is 1. The summed E-state index contributed by atoms with van der Waals surface area (Å²) in [5, 5.41) is 21.1. The van der Waals surface area contributed by atoms with Gasteiger partial charge in [-0.05, 0) is 50.5 Å². The Kier molecular flexibility index (Phi) is 6.58. The number of likely N-dealkylation sites (tertiary alicyclic amines) is 1. The van der Waals surface area contributed by atoms with Gasteiger partial charge in [-0.2, -0.15) is 18.4 Å². The summed E-state index contributed by atoms with van der Waals surface area (Å²) in [6.45, 7) is 4.18. The second-order valence-corrected chi connectivity index (χ2v) is 8.91. The van der Waals surface area contributed by atoms with E-state index in [0.29, 0.717) is 37.2 Å². The Hall–Kier alpha value is -3.07. The van der Waals surface area contributed by atoms with Crippen LogP contribution in [0.4, 0.5) is 24.5 Å². The van der Waals surface area contributed by atoms with Crippen LogP contribution in [-0.2, 0) is 6.18 Å². The predicted molar refractivity (Wildman–Crippen MR) is 121 cm³/mol. The zero-order valence-electron chi connectivity index (χ0n) is 19.0. The van der Waals surface area contributed by atoms with Crippen molar-refractivity contribution >= 4 is 11.4 Å². The monoisotopic (exact) mass is 476 g/mol. The Bertz CT molecular complexity index is 1090. The van der Waals surface area contributed by atoms with Gasteiger partial charge in [-0.3, -0.25) is 10.4 Å². The highest BCUT2D eigenvalue weighted by atomic mass is 19.4. The lowest BCUT2D eigenvalue weighted by Gasteiger charge is -2.35. The smallest absolute Gasteiger partial charge is 0.419 e. The van der Waals surface area contributed by atoms with Crippen LogP contribution in [0.1, 0.15) is 37.4 Å². The standard InChI is InChI=1S/C23H27F3N6O2/c1-22(33)6-9-32(10-7-22)8-3-11-34-20-5-4-15(12-16(20)23(24,25)26)17-13-19-21(18(14-27)28-17)29-30-31(19)2/h4-5,12-13,29-30,33H,3,6-11H2,1-2H3. The number of benzene rings is 1. The number of nitrogens with one attached hydrogen (secondary N) is 2. The average Bonchev–Trinajstić information content (AvgIpc) is 3.17. The van der Waals surface area contributed by atoms with Crippen LogP contribution in [0.2, 0.25) is 0 Å². The number of anilines is 2. The van der Waals surface area contributed by atoms with Gasteiger partial charge in [0.05, 0.1) is 29.2 Å². The van der Waals surface area contributed by atoms with Crippen LogP contribution in [0.25, 0.3) is 11.3 Å². The molecule has 2 aromatic rings. The summed E-state index contributed by atoms with van der Waals surface area (Å²) in [7, 11) is 1.72. The fourth-order valence-corrected chi connectivity index (χ4v) is 4.11. The van der Waals surface area contributed by atoms with Crippen molar-refractivity contribution in [1.29, 1.82) is 5.26 Å². The molecule has 182 valence electrons. The Balaban J connectivity index is 1.48. The van der Waals surface area contributed by atoms with Crippen molar-refractivity contribution in [2.45, 2.75) is 38.0 Å². The minimum absolute atomic E-state index is 0.0810. The number of fused-ring (bicyclic) bond motifs is 1. The van der Waals surface area contributed by atoms with Crippen LogP contribution in [-0.4, -0.2) is 53.9 Å². The van der Waals surface area contributed by atoms with Crippen molar-refractivity contribution in [3.8, 4) is 23.1 Å². The third-order valence-corrected chi connectivity index (χ3v) is 6.20. The number of hydrogen-bond acceptors (Lipinski definition) is 8. The van der Waals surface area contributed by atoms with E-state index in [2.05, 4.69) is 20.8 Å². The van der Waals surface area contributed by atoms with Gasteiger partial charge in [0.2, 0.25) is 0 Å². The summed E-state index contributed by atoms with van der Waals surface area (Å²) < 4.78 is 47.0.